The summed E-state index contributed by atoms with van der Waals surface area (Å²) in [5.41, 5.74) is 0.574. The predicted octanol–water partition coefficient (Wildman–Crippen LogP) is 2.65. The van der Waals surface area contributed by atoms with Crippen molar-refractivity contribution in [3.63, 3.8) is 0 Å². The summed E-state index contributed by atoms with van der Waals surface area (Å²) in [4.78, 5) is 10.6. The monoisotopic (exact) mass is 355 g/mol. The molecule has 0 heterocycles. The molecule has 0 aliphatic rings. The predicted molar refractivity (Wildman–Crippen MR) is 86.7 cm³/mol. The van der Waals surface area contributed by atoms with Crippen LogP contribution in [0, 0.1) is 0 Å². The SMILES string of the molecule is O=C(O)COc1ccc(NCS(=O)(=O)c2ccc(Cl)cc2)cc1. The van der Waals surface area contributed by atoms with Crippen LogP contribution in [0.15, 0.2) is 53.4 Å². The topological polar surface area (TPSA) is 92.7 Å². The van der Waals surface area contributed by atoms with Crippen molar-refractivity contribution in [3.05, 3.63) is 53.6 Å². The Kier molecular flexibility index (Phi) is 5.46. The Morgan fingerprint density at radius 3 is 2.26 bits per heavy atom. The fourth-order valence-electron chi connectivity index (χ4n) is 1.72. The van der Waals surface area contributed by atoms with Gasteiger partial charge >= 0.3 is 5.97 Å². The Morgan fingerprint density at radius 2 is 1.70 bits per heavy atom. The highest BCUT2D eigenvalue weighted by molar-refractivity contribution is 7.91. The molecule has 122 valence electrons. The summed E-state index contributed by atoms with van der Waals surface area (Å²) in [6.07, 6.45) is 0. The van der Waals surface area contributed by atoms with Gasteiger partial charge in [-0.1, -0.05) is 11.6 Å². The third-order valence-electron chi connectivity index (χ3n) is 2.86. The average Bonchev–Trinajstić information content (AvgIpc) is 2.52. The van der Waals surface area contributed by atoms with E-state index in [9.17, 15) is 13.2 Å². The number of carboxylic acids is 1. The van der Waals surface area contributed by atoms with Crippen LogP contribution in [0.4, 0.5) is 5.69 Å². The number of ether oxygens (including phenoxy) is 1. The second-order valence-corrected chi connectivity index (χ2v) is 7.02. The van der Waals surface area contributed by atoms with Gasteiger partial charge in [-0.05, 0) is 48.5 Å². The number of halogens is 1. The standard InChI is InChI=1S/C15H14ClNO5S/c16-11-1-7-14(8-2-11)23(20,21)10-17-12-3-5-13(6-4-12)22-9-15(18)19/h1-8,17H,9-10H2,(H,18,19). The van der Waals surface area contributed by atoms with E-state index in [2.05, 4.69) is 5.32 Å². The van der Waals surface area contributed by atoms with E-state index in [-0.39, 0.29) is 10.8 Å². The zero-order valence-electron chi connectivity index (χ0n) is 11.9. The Morgan fingerprint density at radius 1 is 1.09 bits per heavy atom. The molecule has 23 heavy (non-hydrogen) atoms. The Labute approximate surface area is 138 Å². The highest BCUT2D eigenvalue weighted by Crippen LogP contribution is 2.18. The first-order valence-corrected chi connectivity index (χ1v) is 8.57. The highest BCUT2D eigenvalue weighted by Gasteiger charge is 2.13. The minimum Gasteiger partial charge on any atom is -0.482 e. The van der Waals surface area contributed by atoms with Gasteiger partial charge in [0, 0.05) is 10.7 Å². The van der Waals surface area contributed by atoms with Gasteiger partial charge in [0.05, 0.1) is 4.90 Å². The maximum Gasteiger partial charge on any atom is 0.341 e. The zero-order valence-corrected chi connectivity index (χ0v) is 13.5. The second-order valence-electron chi connectivity index (χ2n) is 4.60. The molecule has 0 saturated heterocycles. The van der Waals surface area contributed by atoms with Crippen molar-refractivity contribution >= 4 is 33.1 Å². The highest BCUT2D eigenvalue weighted by atomic mass is 35.5. The zero-order chi connectivity index (χ0) is 16.9. The van der Waals surface area contributed by atoms with Crippen molar-refractivity contribution in [2.75, 3.05) is 17.8 Å². The van der Waals surface area contributed by atoms with E-state index in [4.69, 9.17) is 21.4 Å². The quantitative estimate of drug-likeness (QED) is 0.793. The first kappa shape index (κ1) is 17.1. The van der Waals surface area contributed by atoms with Crippen molar-refractivity contribution in [1.29, 1.82) is 0 Å². The molecule has 0 aromatic heterocycles. The van der Waals surface area contributed by atoms with E-state index in [1.807, 2.05) is 0 Å². The molecule has 6 nitrogen and oxygen atoms in total. The Balaban J connectivity index is 1.97. The molecular weight excluding hydrogens is 342 g/mol. The fraction of sp³-hybridized carbons (Fsp3) is 0.133. The molecule has 0 unspecified atom stereocenters. The summed E-state index contributed by atoms with van der Waals surface area (Å²) in [6.45, 7) is -0.433. The molecule has 0 aliphatic carbocycles. The number of benzene rings is 2. The molecule has 2 aromatic rings. The van der Waals surface area contributed by atoms with Gasteiger partial charge in [-0.2, -0.15) is 0 Å². The first-order valence-electron chi connectivity index (χ1n) is 6.54. The van der Waals surface area contributed by atoms with E-state index in [1.165, 1.54) is 24.3 Å². The second kappa shape index (κ2) is 7.34. The maximum absolute atomic E-state index is 12.2. The first-order chi connectivity index (χ1) is 10.9. The molecule has 2 aromatic carbocycles. The molecule has 2 rings (SSSR count). The number of sulfone groups is 1. The van der Waals surface area contributed by atoms with Gasteiger partial charge in [-0.3, -0.25) is 0 Å². The number of carbonyl (C=O) groups is 1. The number of aliphatic carboxylic acids is 1. The van der Waals surface area contributed by atoms with E-state index in [0.29, 0.717) is 16.5 Å². The van der Waals surface area contributed by atoms with Crippen LogP contribution < -0.4 is 10.1 Å². The fourth-order valence-corrected chi connectivity index (χ4v) is 2.92. The van der Waals surface area contributed by atoms with Crippen LogP contribution in [0.2, 0.25) is 5.02 Å². The van der Waals surface area contributed by atoms with Gasteiger partial charge in [0.25, 0.3) is 0 Å². The van der Waals surface area contributed by atoms with Gasteiger partial charge < -0.3 is 15.2 Å². The number of anilines is 1. The number of hydrogen-bond acceptors (Lipinski definition) is 5. The van der Waals surface area contributed by atoms with E-state index in [0.717, 1.165) is 0 Å². The number of hydrogen-bond donors (Lipinski definition) is 2. The lowest BCUT2D eigenvalue weighted by Gasteiger charge is -2.09. The minimum atomic E-state index is -3.49. The van der Waals surface area contributed by atoms with Crippen molar-refractivity contribution in [1.82, 2.24) is 0 Å². The van der Waals surface area contributed by atoms with E-state index in [1.54, 1.807) is 24.3 Å². The molecule has 0 radical (unpaired) electrons. The van der Waals surface area contributed by atoms with Crippen molar-refractivity contribution < 1.29 is 23.1 Å². The third-order valence-corrected chi connectivity index (χ3v) is 4.62. The van der Waals surface area contributed by atoms with Crippen molar-refractivity contribution in [2.24, 2.45) is 0 Å². The van der Waals surface area contributed by atoms with Crippen molar-refractivity contribution in [3.8, 4) is 5.75 Å². The maximum atomic E-state index is 12.2. The lowest BCUT2D eigenvalue weighted by Crippen LogP contribution is -2.14. The summed E-state index contributed by atoms with van der Waals surface area (Å²) in [5, 5.41) is 11.8. The molecule has 0 saturated carbocycles. The largest absolute Gasteiger partial charge is 0.482 e. The number of nitrogens with one attached hydrogen (secondary N) is 1. The smallest absolute Gasteiger partial charge is 0.341 e. The van der Waals surface area contributed by atoms with Gasteiger partial charge in [0.15, 0.2) is 16.4 Å². The molecule has 0 bridgehead atoms. The summed E-state index contributed by atoms with van der Waals surface area (Å²) >= 11 is 5.74. The minimum absolute atomic E-state index is 0.177. The van der Waals surface area contributed by atoms with E-state index < -0.39 is 22.4 Å². The lowest BCUT2D eigenvalue weighted by molar-refractivity contribution is -0.139. The summed E-state index contributed by atoms with van der Waals surface area (Å²) < 4.78 is 29.3. The van der Waals surface area contributed by atoms with Crippen LogP contribution in [0.5, 0.6) is 5.75 Å². The van der Waals surface area contributed by atoms with Crippen LogP contribution in [-0.2, 0) is 14.6 Å². The van der Waals surface area contributed by atoms with Crippen LogP contribution in [0.3, 0.4) is 0 Å². The van der Waals surface area contributed by atoms with Gasteiger partial charge in [0.1, 0.15) is 11.6 Å². The molecule has 0 spiro atoms. The van der Waals surface area contributed by atoms with Gasteiger partial charge in [-0.25, -0.2) is 13.2 Å². The Hall–Kier alpha value is -2.25. The summed E-state index contributed by atoms with van der Waals surface area (Å²) in [5.74, 6) is -0.955. The molecule has 0 atom stereocenters. The normalized spacial score (nSPS) is 11.0. The van der Waals surface area contributed by atoms with Crippen LogP contribution in [0.1, 0.15) is 0 Å². The lowest BCUT2D eigenvalue weighted by atomic mass is 10.3. The molecular formula is C15H14ClNO5S. The number of carboxylic acid groups (broad SMARTS) is 1. The Bertz CT molecular complexity index is 773. The van der Waals surface area contributed by atoms with Crippen LogP contribution in [-0.4, -0.2) is 32.0 Å². The number of rotatable bonds is 7. The van der Waals surface area contributed by atoms with E-state index >= 15 is 0 Å². The molecule has 2 N–H and O–H groups in total. The van der Waals surface area contributed by atoms with Gasteiger partial charge in [0.2, 0.25) is 0 Å². The van der Waals surface area contributed by atoms with Crippen molar-refractivity contribution in [2.45, 2.75) is 4.90 Å². The van der Waals surface area contributed by atoms with Crippen LogP contribution in [0.25, 0.3) is 0 Å². The summed E-state index contributed by atoms with van der Waals surface area (Å²) in [7, 11) is -3.49. The molecule has 8 heteroatoms. The summed E-state index contributed by atoms with van der Waals surface area (Å²) in [6, 6.07) is 12.2. The molecule has 0 amide bonds. The van der Waals surface area contributed by atoms with Gasteiger partial charge in [-0.15, -0.1) is 0 Å². The average molecular weight is 356 g/mol. The third kappa shape index (κ3) is 5.15. The van der Waals surface area contributed by atoms with Crippen LogP contribution >= 0.6 is 11.6 Å². The molecule has 0 aliphatic heterocycles. The molecule has 0 fully saturated rings.